The Labute approximate surface area is 67.6 Å². The molecule has 0 aromatic carbocycles. The van der Waals surface area contributed by atoms with Gasteiger partial charge >= 0.3 is 5.97 Å². The highest BCUT2D eigenvalue weighted by atomic mass is 32.1. The first kappa shape index (κ1) is 7.94. The molecule has 0 bridgehead atoms. The number of esters is 1. The molecule has 1 aromatic rings. The third-order valence-electron chi connectivity index (χ3n) is 1.03. The predicted molar refractivity (Wildman–Crippen MR) is 40.2 cm³/mol. The fourth-order valence-corrected chi connectivity index (χ4v) is 1.19. The van der Waals surface area contributed by atoms with Gasteiger partial charge < -0.3 is 4.74 Å². The highest BCUT2D eigenvalue weighted by Crippen LogP contribution is 2.08. The number of aldehydes is 1. The first-order chi connectivity index (χ1) is 5.33. The third-order valence-corrected chi connectivity index (χ3v) is 1.88. The van der Waals surface area contributed by atoms with Gasteiger partial charge in [0, 0.05) is 4.88 Å². The predicted octanol–water partition coefficient (Wildman–Crippen LogP) is 0.990. The van der Waals surface area contributed by atoms with Gasteiger partial charge in [-0.2, -0.15) is 0 Å². The number of rotatable bonds is 3. The lowest BCUT2D eigenvalue weighted by Gasteiger charge is -1.95. The Kier molecular flexibility index (Phi) is 2.80. The van der Waals surface area contributed by atoms with E-state index in [0.29, 0.717) is 0 Å². The molecule has 1 rings (SSSR count). The standard InChI is InChI=1S/C7H6O3S/c8-4-7(9)10-5-6-2-1-3-11-6/h1-4H,5H2. The average molecular weight is 170 g/mol. The smallest absolute Gasteiger partial charge is 0.371 e. The van der Waals surface area contributed by atoms with E-state index in [1.165, 1.54) is 11.3 Å². The van der Waals surface area contributed by atoms with Gasteiger partial charge in [0.25, 0.3) is 0 Å². The molecule has 1 aromatic heterocycles. The van der Waals surface area contributed by atoms with Crippen LogP contribution in [-0.2, 0) is 20.9 Å². The van der Waals surface area contributed by atoms with Crippen molar-refractivity contribution in [2.75, 3.05) is 0 Å². The van der Waals surface area contributed by atoms with Gasteiger partial charge in [-0.15, -0.1) is 11.3 Å². The van der Waals surface area contributed by atoms with Crippen LogP contribution < -0.4 is 0 Å². The molecule has 11 heavy (non-hydrogen) atoms. The van der Waals surface area contributed by atoms with Crippen molar-refractivity contribution in [2.45, 2.75) is 6.61 Å². The zero-order chi connectivity index (χ0) is 8.10. The number of thiophene rings is 1. The van der Waals surface area contributed by atoms with Crippen molar-refractivity contribution in [3.05, 3.63) is 22.4 Å². The minimum absolute atomic E-state index is 0.160. The van der Waals surface area contributed by atoms with E-state index in [4.69, 9.17) is 0 Å². The van der Waals surface area contributed by atoms with Gasteiger partial charge in [-0.05, 0) is 11.4 Å². The van der Waals surface area contributed by atoms with Crippen LogP contribution in [0.5, 0.6) is 0 Å². The van der Waals surface area contributed by atoms with E-state index in [1.54, 1.807) is 0 Å². The molecule has 1 heterocycles. The molecule has 3 nitrogen and oxygen atoms in total. The Morgan fingerprint density at radius 2 is 2.55 bits per heavy atom. The molecular weight excluding hydrogens is 164 g/mol. The number of hydrogen-bond acceptors (Lipinski definition) is 4. The molecule has 0 fully saturated rings. The van der Waals surface area contributed by atoms with Crippen LogP contribution in [0.15, 0.2) is 17.5 Å². The summed E-state index contributed by atoms with van der Waals surface area (Å²) in [7, 11) is 0. The van der Waals surface area contributed by atoms with Gasteiger partial charge in [-0.25, -0.2) is 4.79 Å². The molecule has 0 N–H and O–H groups in total. The molecule has 4 heteroatoms. The summed E-state index contributed by atoms with van der Waals surface area (Å²) in [6, 6.07) is 3.69. The lowest BCUT2D eigenvalue weighted by molar-refractivity contribution is -0.149. The Morgan fingerprint density at radius 1 is 1.73 bits per heavy atom. The summed E-state index contributed by atoms with van der Waals surface area (Å²) in [5, 5.41) is 1.88. The maximum Gasteiger partial charge on any atom is 0.371 e. The molecule has 0 amide bonds. The fourth-order valence-electron chi connectivity index (χ4n) is 0.571. The molecular formula is C7H6O3S. The van der Waals surface area contributed by atoms with Crippen molar-refractivity contribution in [1.82, 2.24) is 0 Å². The second-order valence-corrected chi connectivity index (χ2v) is 2.84. The topological polar surface area (TPSA) is 43.4 Å². The molecule has 58 valence electrons. The van der Waals surface area contributed by atoms with Crippen LogP contribution in [0.3, 0.4) is 0 Å². The van der Waals surface area contributed by atoms with Crippen LogP contribution in [0.1, 0.15) is 4.88 Å². The summed E-state index contributed by atoms with van der Waals surface area (Å²) in [5.74, 6) is -0.821. The minimum atomic E-state index is -0.821. The summed E-state index contributed by atoms with van der Waals surface area (Å²) in [6.45, 7) is 0.190. The first-order valence-electron chi connectivity index (χ1n) is 2.97. The van der Waals surface area contributed by atoms with Gasteiger partial charge in [0.15, 0.2) is 0 Å². The van der Waals surface area contributed by atoms with E-state index in [0.717, 1.165) is 4.88 Å². The second-order valence-electron chi connectivity index (χ2n) is 1.80. The molecule has 0 saturated heterocycles. The monoisotopic (exact) mass is 170 g/mol. The van der Waals surface area contributed by atoms with Crippen molar-refractivity contribution in [1.29, 1.82) is 0 Å². The van der Waals surface area contributed by atoms with Crippen LogP contribution in [0.25, 0.3) is 0 Å². The van der Waals surface area contributed by atoms with Gasteiger partial charge in [0.05, 0.1) is 0 Å². The molecule has 0 aliphatic carbocycles. The van der Waals surface area contributed by atoms with Gasteiger partial charge in [0.1, 0.15) is 6.61 Å². The Morgan fingerprint density at radius 3 is 3.09 bits per heavy atom. The van der Waals surface area contributed by atoms with E-state index in [1.807, 2.05) is 17.5 Å². The summed E-state index contributed by atoms with van der Waals surface area (Å²) < 4.78 is 4.54. The Balaban J connectivity index is 2.34. The number of hydrogen-bond donors (Lipinski definition) is 0. The van der Waals surface area contributed by atoms with E-state index in [9.17, 15) is 9.59 Å². The molecule has 0 unspecified atom stereocenters. The summed E-state index contributed by atoms with van der Waals surface area (Å²) in [5.41, 5.74) is 0. The third kappa shape index (κ3) is 2.51. The Hall–Kier alpha value is -1.16. The highest BCUT2D eigenvalue weighted by molar-refractivity contribution is 7.09. The number of carbonyl (C=O) groups is 2. The largest absolute Gasteiger partial charge is 0.454 e. The van der Waals surface area contributed by atoms with Crippen molar-refractivity contribution in [3.63, 3.8) is 0 Å². The van der Waals surface area contributed by atoms with Crippen LogP contribution in [-0.4, -0.2) is 12.3 Å². The van der Waals surface area contributed by atoms with Crippen LogP contribution in [0.2, 0.25) is 0 Å². The average Bonchev–Trinajstić information content (AvgIpc) is 2.52. The quantitative estimate of drug-likeness (QED) is 0.386. The first-order valence-corrected chi connectivity index (χ1v) is 3.85. The van der Waals surface area contributed by atoms with E-state index in [-0.39, 0.29) is 12.9 Å². The maximum absolute atomic E-state index is 10.3. The van der Waals surface area contributed by atoms with E-state index < -0.39 is 5.97 Å². The van der Waals surface area contributed by atoms with Gasteiger partial charge in [-0.1, -0.05) is 6.07 Å². The fraction of sp³-hybridized carbons (Fsp3) is 0.143. The van der Waals surface area contributed by atoms with Gasteiger partial charge in [-0.3, -0.25) is 4.79 Å². The van der Waals surface area contributed by atoms with Crippen LogP contribution in [0.4, 0.5) is 0 Å². The number of ether oxygens (including phenoxy) is 1. The van der Waals surface area contributed by atoms with Crippen molar-refractivity contribution < 1.29 is 14.3 Å². The SMILES string of the molecule is O=CC(=O)OCc1cccs1. The molecule has 0 atom stereocenters. The zero-order valence-corrected chi connectivity index (χ0v) is 6.47. The molecule has 0 saturated carbocycles. The second kappa shape index (κ2) is 3.88. The molecule has 0 radical (unpaired) electrons. The molecule has 0 aliphatic heterocycles. The van der Waals surface area contributed by atoms with Crippen LogP contribution >= 0.6 is 11.3 Å². The molecule has 0 aliphatic rings. The summed E-state index contributed by atoms with van der Waals surface area (Å²) in [4.78, 5) is 21.0. The van der Waals surface area contributed by atoms with Crippen LogP contribution in [0, 0.1) is 0 Å². The zero-order valence-electron chi connectivity index (χ0n) is 5.65. The van der Waals surface area contributed by atoms with Crippen molar-refractivity contribution >= 4 is 23.6 Å². The van der Waals surface area contributed by atoms with Crippen molar-refractivity contribution in [2.24, 2.45) is 0 Å². The summed E-state index contributed by atoms with van der Waals surface area (Å²) in [6.07, 6.45) is 0.160. The van der Waals surface area contributed by atoms with Gasteiger partial charge in [0.2, 0.25) is 6.29 Å². The van der Waals surface area contributed by atoms with E-state index >= 15 is 0 Å². The molecule has 0 spiro atoms. The lowest BCUT2D eigenvalue weighted by Crippen LogP contribution is -2.03. The highest BCUT2D eigenvalue weighted by Gasteiger charge is 1.99. The normalized spacial score (nSPS) is 9.09. The number of carbonyl (C=O) groups excluding carboxylic acids is 2. The maximum atomic E-state index is 10.3. The Bertz CT molecular complexity index is 240. The van der Waals surface area contributed by atoms with E-state index in [2.05, 4.69) is 4.74 Å². The summed E-state index contributed by atoms with van der Waals surface area (Å²) >= 11 is 1.48. The lowest BCUT2D eigenvalue weighted by atomic mass is 10.5. The minimum Gasteiger partial charge on any atom is -0.454 e. The van der Waals surface area contributed by atoms with Crippen molar-refractivity contribution in [3.8, 4) is 0 Å².